The van der Waals surface area contributed by atoms with Gasteiger partial charge < -0.3 is 9.47 Å². The molecular weight excluding hydrogens is 362 g/mol. The molecule has 4 aromatic rings. The minimum atomic E-state index is -0.0684. The highest BCUT2D eigenvalue weighted by Crippen LogP contribution is 2.33. The van der Waals surface area contributed by atoms with Gasteiger partial charge >= 0.3 is 0 Å². The number of hydrogen-bond acceptors (Lipinski definition) is 3. The largest absolute Gasteiger partial charge is 0.352 e. The second-order valence-corrected chi connectivity index (χ2v) is 7.40. The number of pyridine rings is 1. The number of benzene rings is 1. The second kappa shape index (κ2) is 6.74. The number of aromatic nitrogens is 4. The average molecular weight is 383 g/mol. The summed E-state index contributed by atoms with van der Waals surface area (Å²) in [4.78, 5) is 19.5. The van der Waals surface area contributed by atoms with Crippen LogP contribution in [-0.4, -0.2) is 30.1 Å². The summed E-state index contributed by atoms with van der Waals surface area (Å²) in [5.74, 6) is -0.0684. The normalized spacial score (nSPS) is 13.0. The van der Waals surface area contributed by atoms with E-state index in [1.165, 1.54) is 0 Å². The van der Waals surface area contributed by atoms with E-state index in [4.69, 9.17) is 5.10 Å². The number of amides is 1. The predicted molar refractivity (Wildman–Crippen MR) is 111 cm³/mol. The van der Waals surface area contributed by atoms with Gasteiger partial charge in [0, 0.05) is 42.0 Å². The number of carbonyl (C=O) groups is 1. The third-order valence-corrected chi connectivity index (χ3v) is 5.36. The van der Waals surface area contributed by atoms with Crippen molar-refractivity contribution >= 4 is 5.91 Å². The Labute approximate surface area is 169 Å². The van der Waals surface area contributed by atoms with Crippen molar-refractivity contribution in [1.29, 1.82) is 0 Å². The summed E-state index contributed by atoms with van der Waals surface area (Å²) < 4.78 is 3.95. The Hall–Kier alpha value is -3.67. The van der Waals surface area contributed by atoms with Crippen LogP contribution in [0.4, 0.5) is 0 Å². The highest BCUT2D eigenvalue weighted by atomic mass is 16.2. The Balaban J connectivity index is 1.60. The van der Waals surface area contributed by atoms with Crippen molar-refractivity contribution in [2.45, 2.75) is 20.0 Å². The average Bonchev–Trinajstić information content (AvgIpc) is 3.27. The third-order valence-electron chi connectivity index (χ3n) is 5.36. The summed E-state index contributed by atoms with van der Waals surface area (Å²) in [5, 5.41) is 4.87. The fraction of sp³-hybridized carbons (Fsp3) is 0.174. The number of nitrogens with zero attached hydrogens (tertiary/aromatic N) is 5. The van der Waals surface area contributed by atoms with E-state index in [2.05, 4.69) is 15.6 Å². The Morgan fingerprint density at radius 2 is 1.83 bits per heavy atom. The van der Waals surface area contributed by atoms with Gasteiger partial charge in [-0.05, 0) is 37.3 Å². The SMILES string of the molecule is Cc1cccc(C(=O)N2Cc3cn(-c4ccccc4)nc3-c3ccn(C)c3C2)n1. The van der Waals surface area contributed by atoms with E-state index < -0.39 is 0 Å². The minimum Gasteiger partial charge on any atom is -0.352 e. The molecule has 1 aromatic carbocycles. The number of rotatable bonds is 2. The fourth-order valence-corrected chi connectivity index (χ4v) is 3.85. The molecule has 1 amide bonds. The molecule has 144 valence electrons. The number of para-hydroxylation sites is 1. The first-order chi connectivity index (χ1) is 14.1. The van der Waals surface area contributed by atoms with Crippen molar-refractivity contribution in [1.82, 2.24) is 24.2 Å². The van der Waals surface area contributed by atoms with Gasteiger partial charge in [-0.2, -0.15) is 5.10 Å². The highest BCUT2D eigenvalue weighted by molar-refractivity contribution is 5.92. The monoisotopic (exact) mass is 383 g/mol. The summed E-state index contributed by atoms with van der Waals surface area (Å²) >= 11 is 0. The molecule has 5 rings (SSSR count). The molecule has 6 nitrogen and oxygen atoms in total. The summed E-state index contributed by atoms with van der Waals surface area (Å²) in [7, 11) is 2.01. The van der Waals surface area contributed by atoms with E-state index in [0.29, 0.717) is 18.8 Å². The molecule has 0 fully saturated rings. The van der Waals surface area contributed by atoms with Gasteiger partial charge in [-0.1, -0.05) is 24.3 Å². The molecule has 4 heterocycles. The zero-order valence-electron chi connectivity index (χ0n) is 16.4. The van der Waals surface area contributed by atoms with E-state index in [0.717, 1.165) is 33.9 Å². The van der Waals surface area contributed by atoms with Crippen LogP contribution in [0.2, 0.25) is 0 Å². The highest BCUT2D eigenvalue weighted by Gasteiger charge is 2.28. The lowest BCUT2D eigenvalue weighted by molar-refractivity contribution is 0.0722. The zero-order chi connectivity index (χ0) is 20.0. The molecule has 0 spiro atoms. The third kappa shape index (κ3) is 3.02. The van der Waals surface area contributed by atoms with Crippen LogP contribution in [-0.2, 0) is 20.1 Å². The Morgan fingerprint density at radius 1 is 1.00 bits per heavy atom. The molecule has 0 saturated carbocycles. The van der Waals surface area contributed by atoms with E-state index in [1.54, 1.807) is 6.07 Å². The van der Waals surface area contributed by atoms with Crippen molar-refractivity contribution in [3.05, 3.63) is 89.6 Å². The molecule has 0 N–H and O–H groups in total. The molecule has 3 aromatic heterocycles. The maximum atomic E-state index is 13.3. The summed E-state index contributed by atoms with van der Waals surface area (Å²) in [6, 6.07) is 17.7. The zero-order valence-corrected chi connectivity index (χ0v) is 16.4. The van der Waals surface area contributed by atoms with Gasteiger partial charge in [0.15, 0.2) is 0 Å². The van der Waals surface area contributed by atoms with E-state index in [9.17, 15) is 4.79 Å². The van der Waals surface area contributed by atoms with E-state index >= 15 is 0 Å². The molecule has 0 saturated heterocycles. The first-order valence-electron chi connectivity index (χ1n) is 9.61. The van der Waals surface area contributed by atoms with Gasteiger partial charge in [-0.25, -0.2) is 9.67 Å². The lowest BCUT2D eigenvalue weighted by atomic mass is 10.1. The van der Waals surface area contributed by atoms with E-state index in [1.807, 2.05) is 78.4 Å². The number of carbonyl (C=O) groups excluding carboxylic acids is 1. The standard InChI is InChI=1S/C23H21N5O/c1-16-7-6-10-20(24-16)23(29)27-13-17-14-28(18-8-4-3-5-9-18)25-22(17)19-11-12-26(2)21(19)15-27/h3-12,14H,13,15H2,1-2H3. The molecule has 0 bridgehead atoms. The summed E-state index contributed by atoms with van der Waals surface area (Å²) in [5.41, 5.74) is 6.41. The minimum absolute atomic E-state index is 0.0684. The molecule has 1 aliphatic rings. The van der Waals surface area contributed by atoms with Gasteiger partial charge in [-0.3, -0.25) is 4.79 Å². The van der Waals surface area contributed by atoms with Crippen LogP contribution in [0.15, 0.2) is 67.0 Å². The van der Waals surface area contributed by atoms with Crippen molar-refractivity contribution in [3.8, 4) is 16.9 Å². The Kier molecular flexibility index (Phi) is 4.05. The first kappa shape index (κ1) is 17.4. The molecular formula is C23H21N5O. The molecule has 29 heavy (non-hydrogen) atoms. The topological polar surface area (TPSA) is 56.0 Å². The number of hydrogen-bond donors (Lipinski definition) is 0. The molecule has 1 aliphatic heterocycles. The molecule has 0 aliphatic carbocycles. The van der Waals surface area contributed by atoms with Crippen LogP contribution < -0.4 is 0 Å². The first-order valence-corrected chi connectivity index (χ1v) is 9.61. The Bertz CT molecular complexity index is 1210. The number of aryl methyl sites for hydroxylation is 2. The lowest BCUT2D eigenvalue weighted by Gasteiger charge is -2.21. The van der Waals surface area contributed by atoms with Crippen LogP contribution in [0.1, 0.15) is 27.4 Å². The van der Waals surface area contributed by atoms with Gasteiger partial charge in [0.25, 0.3) is 5.91 Å². The van der Waals surface area contributed by atoms with Crippen LogP contribution in [0.25, 0.3) is 16.9 Å². The molecule has 0 unspecified atom stereocenters. The maximum Gasteiger partial charge on any atom is 0.273 e. The summed E-state index contributed by atoms with van der Waals surface area (Å²) in [6.07, 6.45) is 4.05. The second-order valence-electron chi connectivity index (χ2n) is 7.40. The molecule has 6 heteroatoms. The van der Waals surface area contributed by atoms with Crippen molar-refractivity contribution < 1.29 is 4.79 Å². The van der Waals surface area contributed by atoms with Crippen LogP contribution in [0.3, 0.4) is 0 Å². The lowest BCUT2D eigenvalue weighted by Crippen LogP contribution is -2.30. The van der Waals surface area contributed by atoms with Gasteiger partial charge in [0.2, 0.25) is 0 Å². The number of fused-ring (bicyclic) bond motifs is 3. The molecule has 0 radical (unpaired) electrons. The quantitative estimate of drug-likeness (QED) is 0.530. The molecule has 0 atom stereocenters. The van der Waals surface area contributed by atoms with Crippen LogP contribution >= 0.6 is 0 Å². The fourth-order valence-electron chi connectivity index (χ4n) is 3.85. The van der Waals surface area contributed by atoms with Crippen molar-refractivity contribution in [3.63, 3.8) is 0 Å². The maximum absolute atomic E-state index is 13.3. The van der Waals surface area contributed by atoms with Crippen LogP contribution in [0, 0.1) is 6.92 Å². The van der Waals surface area contributed by atoms with E-state index in [-0.39, 0.29) is 5.91 Å². The van der Waals surface area contributed by atoms with Crippen molar-refractivity contribution in [2.75, 3.05) is 0 Å². The van der Waals surface area contributed by atoms with Crippen LogP contribution in [0.5, 0.6) is 0 Å². The predicted octanol–water partition coefficient (Wildman–Crippen LogP) is 3.74. The van der Waals surface area contributed by atoms with Gasteiger partial charge in [0.05, 0.1) is 24.5 Å². The van der Waals surface area contributed by atoms with Gasteiger partial charge in [-0.15, -0.1) is 0 Å². The summed E-state index contributed by atoms with van der Waals surface area (Å²) in [6.45, 7) is 2.91. The van der Waals surface area contributed by atoms with Gasteiger partial charge in [0.1, 0.15) is 5.69 Å². The smallest absolute Gasteiger partial charge is 0.273 e. The van der Waals surface area contributed by atoms with Crippen molar-refractivity contribution in [2.24, 2.45) is 7.05 Å². The Morgan fingerprint density at radius 3 is 2.62 bits per heavy atom.